The molecule has 20 heavy (non-hydrogen) atoms. The van der Waals surface area contributed by atoms with Crippen LogP contribution in [-0.2, 0) is 11.3 Å². The van der Waals surface area contributed by atoms with E-state index in [0.717, 1.165) is 24.6 Å². The summed E-state index contributed by atoms with van der Waals surface area (Å²) in [5.74, 6) is 0.776. The van der Waals surface area contributed by atoms with Crippen LogP contribution in [0.1, 0.15) is 25.3 Å². The van der Waals surface area contributed by atoms with E-state index in [1.807, 2.05) is 18.2 Å². The molecule has 2 rings (SSSR count). The van der Waals surface area contributed by atoms with Crippen LogP contribution in [0.25, 0.3) is 0 Å². The summed E-state index contributed by atoms with van der Waals surface area (Å²) in [4.78, 5) is 2.38. The second kappa shape index (κ2) is 7.22. The summed E-state index contributed by atoms with van der Waals surface area (Å²) in [6.07, 6.45) is 2.60. The van der Waals surface area contributed by atoms with Crippen LogP contribution in [0.5, 0.6) is 0 Å². The molecular formula is C15H24BNO3. The third-order valence-corrected chi connectivity index (χ3v) is 4.17. The van der Waals surface area contributed by atoms with Crippen LogP contribution in [0.4, 0.5) is 0 Å². The maximum absolute atomic E-state index is 9.47. The fraction of sp³-hybridized carbons (Fsp3) is 0.600. The van der Waals surface area contributed by atoms with Gasteiger partial charge in [-0.25, -0.2) is 0 Å². The van der Waals surface area contributed by atoms with Gasteiger partial charge in [-0.05, 0) is 36.7 Å². The van der Waals surface area contributed by atoms with Crippen molar-refractivity contribution < 1.29 is 14.8 Å². The minimum atomic E-state index is -1.41. The molecule has 1 aliphatic carbocycles. The molecule has 1 aromatic rings. The van der Waals surface area contributed by atoms with E-state index in [2.05, 4.69) is 11.8 Å². The number of hydrogen-bond donors (Lipinski definition) is 2. The molecule has 2 N–H and O–H groups in total. The van der Waals surface area contributed by atoms with Gasteiger partial charge < -0.3 is 14.8 Å². The maximum Gasteiger partial charge on any atom is 0.488 e. The Hall–Kier alpha value is -0.875. The van der Waals surface area contributed by atoms with E-state index in [1.54, 1.807) is 13.2 Å². The van der Waals surface area contributed by atoms with E-state index in [9.17, 15) is 10.0 Å². The summed E-state index contributed by atoms with van der Waals surface area (Å²) < 4.78 is 5.20. The molecule has 0 amide bonds. The van der Waals surface area contributed by atoms with Crippen LogP contribution in [0, 0.1) is 5.92 Å². The summed E-state index contributed by atoms with van der Waals surface area (Å²) in [5, 5.41) is 18.9. The normalized spacial score (nSPS) is 16.4. The van der Waals surface area contributed by atoms with Crippen molar-refractivity contribution in [2.75, 3.05) is 20.3 Å². The Morgan fingerprint density at radius 1 is 1.35 bits per heavy atom. The van der Waals surface area contributed by atoms with Gasteiger partial charge in [0.15, 0.2) is 0 Å². The van der Waals surface area contributed by atoms with Crippen molar-refractivity contribution in [2.45, 2.75) is 32.4 Å². The maximum atomic E-state index is 9.47. The molecule has 0 aromatic heterocycles. The second-order valence-electron chi connectivity index (χ2n) is 5.61. The smallest absolute Gasteiger partial charge is 0.423 e. The molecule has 0 bridgehead atoms. The zero-order valence-electron chi connectivity index (χ0n) is 12.3. The fourth-order valence-corrected chi connectivity index (χ4v) is 2.66. The van der Waals surface area contributed by atoms with E-state index >= 15 is 0 Å². The van der Waals surface area contributed by atoms with Gasteiger partial charge in [0, 0.05) is 26.2 Å². The highest BCUT2D eigenvalue weighted by atomic mass is 16.5. The molecule has 1 aliphatic rings. The van der Waals surface area contributed by atoms with Crippen molar-refractivity contribution in [1.82, 2.24) is 4.90 Å². The van der Waals surface area contributed by atoms with E-state index in [0.29, 0.717) is 18.1 Å². The fourth-order valence-electron chi connectivity index (χ4n) is 2.66. The van der Waals surface area contributed by atoms with Gasteiger partial charge in [-0.2, -0.15) is 0 Å². The summed E-state index contributed by atoms with van der Waals surface area (Å²) >= 11 is 0. The molecular weight excluding hydrogens is 253 g/mol. The number of benzene rings is 1. The number of rotatable bonds is 8. The molecule has 0 saturated heterocycles. The molecule has 1 atom stereocenters. The number of hydrogen-bond acceptors (Lipinski definition) is 4. The first-order valence-corrected chi connectivity index (χ1v) is 7.30. The Bertz CT molecular complexity index is 423. The van der Waals surface area contributed by atoms with Crippen LogP contribution in [0.2, 0.25) is 0 Å². The van der Waals surface area contributed by atoms with Crippen LogP contribution < -0.4 is 5.46 Å². The molecule has 0 spiro atoms. The zero-order valence-corrected chi connectivity index (χ0v) is 12.3. The molecule has 4 nitrogen and oxygen atoms in total. The largest absolute Gasteiger partial charge is 0.488 e. The van der Waals surface area contributed by atoms with Gasteiger partial charge >= 0.3 is 7.12 Å². The highest BCUT2D eigenvalue weighted by Crippen LogP contribution is 2.35. The summed E-state index contributed by atoms with van der Waals surface area (Å²) in [6.45, 7) is 4.55. The molecule has 0 heterocycles. The third kappa shape index (κ3) is 4.06. The summed E-state index contributed by atoms with van der Waals surface area (Å²) in [5.41, 5.74) is 1.57. The quantitative estimate of drug-likeness (QED) is 0.684. The molecule has 5 heteroatoms. The molecule has 110 valence electrons. The Balaban J connectivity index is 2.09. The van der Waals surface area contributed by atoms with Crippen molar-refractivity contribution in [3.05, 3.63) is 29.8 Å². The van der Waals surface area contributed by atoms with E-state index in [4.69, 9.17) is 4.74 Å². The van der Waals surface area contributed by atoms with Crippen molar-refractivity contribution in [1.29, 1.82) is 0 Å². The minimum absolute atomic E-state index is 0.508. The Morgan fingerprint density at radius 3 is 2.65 bits per heavy atom. The Kier molecular flexibility index (Phi) is 5.60. The highest BCUT2D eigenvalue weighted by Gasteiger charge is 2.32. The van der Waals surface area contributed by atoms with Crippen molar-refractivity contribution >= 4 is 12.6 Å². The van der Waals surface area contributed by atoms with Crippen LogP contribution in [0.3, 0.4) is 0 Å². The highest BCUT2D eigenvalue weighted by molar-refractivity contribution is 6.59. The number of ether oxygens (including phenoxy) is 1. The lowest BCUT2D eigenvalue weighted by Gasteiger charge is -2.29. The number of methoxy groups -OCH3 is 1. The third-order valence-electron chi connectivity index (χ3n) is 4.17. The first-order chi connectivity index (χ1) is 9.63. The van der Waals surface area contributed by atoms with Crippen molar-refractivity contribution in [3.63, 3.8) is 0 Å². The molecule has 1 saturated carbocycles. The zero-order chi connectivity index (χ0) is 14.5. The van der Waals surface area contributed by atoms with Gasteiger partial charge in [-0.3, -0.25) is 4.90 Å². The van der Waals surface area contributed by atoms with Crippen molar-refractivity contribution in [2.24, 2.45) is 5.92 Å². The second-order valence-corrected chi connectivity index (χ2v) is 5.61. The predicted molar refractivity (Wildman–Crippen MR) is 80.7 cm³/mol. The van der Waals surface area contributed by atoms with Gasteiger partial charge in [0.2, 0.25) is 0 Å². The first-order valence-electron chi connectivity index (χ1n) is 7.30. The van der Waals surface area contributed by atoms with Gasteiger partial charge in [0.25, 0.3) is 0 Å². The molecule has 1 aromatic carbocycles. The molecule has 0 aliphatic heterocycles. The average Bonchev–Trinajstić information content (AvgIpc) is 3.27. The van der Waals surface area contributed by atoms with Crippen LogP contribution in [-0.4, -0.2) is 48.4 Å². The van der Waals surface area contributed by atoms with Crippen LogP contribution >= 0.6 is 0 Å². The lowest BCUT2D eigenvalue weighted by atomic mass is 9.77. The first kappa shape index (κ1) is 15.5. The molecule has 0 radical (unpaired) electrons. The van der Waals surface area contributed by atoms with Gasteiger partial charge in [-0.1, -0.05) is 24.3 Å². The lowest BCUT2D eigenvalue weighted by Crippen LogP contribution is -2.40. The standard InChI is InChI=1S/C15H24BNO3/c1-12(13-7-8-13)17(9-10-20-2)11-14-5-3-4-6-15(14)16(18)19/h3-6,12-13,18-19H,7-11H2,1-2H3. The van der Waals surface area contributed by atoms with Crippen LogP contribution in [0.15, 0.2) is 24.3 Å². The predicted octanol–water partition coefficient (Wildman–Crippen LogP) is 0.613. The Morgan fingerprint density at radius 2 is 2.05 bits per heavy atom. The van der Waals surface area contributed by atoms with Crippen molar-refractivity contribution in [3.8, 4) is 0 Å². The molecule has 1 unspecified atom stereocenters. The summed E-state index contributed by atoms with van der Waals surface area (Å²) in [7, 11) is 0.303. The topological polar surface area (TPSA) is 52.9 Å². The number of nitrogens with zero attached hydrogens (tertiary/aromatic N) is 1. The molecule has 1 fully saturated rings. The van der Waals surface area contributed by atoms with E-state index < -0.39 is 7.12 Å². The Labute approximate surface area is 121 Å². The average molecular weight is 277 g/mol. The van der Waals surface area contributed by atoms with Gasteiger partial charge in [-0.15, -0.1) is 0 Å². The van der Waals surface area contributed by atoms with E-state index in [-0.39, 0.29) is 0 Å². The van der Waals surface area contributed by atoms with E-state index in [1.165, 1.54) is 12.8 Å². The SMILES string of the molecule is COCCN(Cc1ccccc1B(O)O)C(C)C1CC1. The summed E-state index contributed by atoms with van der Waals surface area (Å²) in [6, 6.07) is 8.03. The monoisotopic (exact) mass is 277 g/mol. The van der Waals surface area contributed by atoms with Gasteiger partial charge in [0.1, 0.15) is 0 Å². The minimum Gasteiger partial charge on any atom is -0.423 e. The lowest BCUT2D eigenvalue weighted by molar-refractivity contribution is 0.112. The van der Waals surface area contributed by atoms with Gasteiger partial charge in [0.05, 0.1) is 6.61 Å².